The van der Waals surface area contributed by atoms with Crippen molar-refractivity contribution >= 4 is 22.0 Å². The summed E-state index contributed by atoms with van der Waals surface area (Å²) in [4.78, 5) is 14.8. The summed E-state index contributed by atoms with van der Waals surface area (Å²) in [5.41, 5.74) is 0.969. The molecule has 144 valence electrons. The summed E-state index contributed by atoms with van der Waals surface area (Å²) in [5.74, 6) is 1.97. The predicted molar refractivity (Wildman–Crippen MR) is 103 cm³/mol. The third-order valence-corrected chi connectivity index (χ3v) is 5.39. The number of amides is 2. The molecule has 1 aromatic rings. The van der Waals surface area contributed by atoms with Crippen molar-refractivity contribution in [3.63, 3.8) is 0 Å². The van der Waals surface area contributed by atoms with Crippen LogP contribution < -0.4 is 14.8 Å². The van der Waals surface area contributed by atoms with Gasteiger partial charge in [0.1, 0.15) is 13.2 Å². The molecule has 1 N–H and O–H groups in total. The van der Waals surface area contributed by atoms with Crippen molar-refractivity contribution < 1.29 is 19.0 Å². The van der Waals surface area contributed by atoms with Gasteiger partial charge in [-0.15, -0.1) is 0 Å². The summed E-state index contributed by atoms with van der Waals surface area (Å²) >= 11 is 3.59. The minimum absolute atomic E-state index is 0.0479. The molecule has 2 unspecified atom stereocenters. The lowest BCUT2D eigenvalue weighted by Gasteiger charge is -2.37. The Kier molecular flexibility index (Phi) is 6.29. The van der Waals surface area contributed by atoms with E-state index in [0.717, 1.165) is 28.0 Å². The summed E-state index contributed by atoms with van der Waals surface area (Å²) in [6.45, 7) is 9.22. The van der Waals surface area contributed by atoms with Gasteiger partial charge in [-0.05, 0) is 37.0 Å². The van der Waals surface area contributed by atoms with Gasteiger partial charge in [-0.1, -0.05) is 29.8 Å². The van der Waals surface area contributed by atoms with Gasteiger partial charge in [-0.3, -0.25) is 0 Å². The zero-order valence-electron chi connectivity index (χ0n) is 15.6. The maximum atomic E-state index is 12.9. The molecular weight excluding hydrogens is 400 g/mol. The Hall–Kier alpha value is -1.47. The van der Waals surface area contributed by atoms with Crippen molar-refractivity contribution in [2.75, 3.05) is 33.0 Å². The maximum absolute atomic E-state index is 12.9. The lowest BCUT2D eigenvalue weighted by Crippen LogP contribution is -2.53. The molecule has 2 aliphatic rings. The first kappa shape index (κ1) is 19.3. The van der Waals surface area contributed by atoms with Crippen LogP contribution in [0.4, 0.5) is 4.79 Å². The van der Waals surface area contributed by atoms with Crippen molar-refractivity contribution in [3.05, 3.63) is 22.2 Å². The second kappa shape index (κ2) is 8.48. The molecule has 0 aromatic heterocycles. The Morgan fingerprint density at radius 1 is 1.23 bits per heavy atom. The molecule has 0 aliphatic carbocycles. The van der Waals surface area contributed by atoms with Crippen LogP contribution in [0.1, 0.15) is 38.8 Å². The van der Waals surface area contributed by atoms with Crippen LogP contribution in [0.15, 0.2) is 16.6 Å². The standard InChI is InChI=1S/C19H27BrN2O4/c1-12(2)8-14-11-24-5-4-22(14)19(23)21-13(3)15-9-17-18(10-16(15)20)26-7-6-25-17/h9-10,12-14H,4-8,11H2,1-3H3,(H,21,23). The summed E-state index contributed by atoms with van der Waals surface area (Å²) in [6, 6.07) is 3.76. The van der Waals surface area contributed by atoms with Gasteiger partial charge in [0, 0.05) is 11.0 Å². The fourth-order valence-corrected chi connectivity index (χ4v) is 4.08. The normalized spacial score (nSPS) is 20.8. The smallest absolute Gasteiger partial charge is 0.318 e. The van der Waals surface area contributed by atoms with Gasteiger partial charge in [0.25, 0.3) is 0 Å². The topological polar surface area (TPSA) is 60.0 Å². The number of ether oxygens (including phenoxy) is 3. The fraction of sp³-hybridized carbons (Fsp3) is 0.632. The quantitative estimate of drug-likeness (QED) is 0.796. The molecule has 1 fully saturated rings. The Morgan fingerprint density at radius 3 is 2.62 bits per heavy atom. The van der Waals surface area contributed by atoms with Gasteiger partial charge >= 0.3 is 6.03 Å². The summed E-state index contributed by atoms with van der Waals surface area (Å²) in [5, 5.41) is 3.12. The highest BCUT2D eigenvalue weighted by molar-refractivity contribution is 9.10. The van der Waals surface area contributed by atoms with Gasteiger partial charge in [0.15, 0.2) is 11.5 Å². The summed E-state index contributed by atoms with van der Waals surface area (Å²) in [6.07, 6.45) is 0.940. The Balaban J connectivity index is 1.70. The highest BCUT2D eigenvalue weighted by Crippen LogP contribution is 2.37. The van der Waals surface area contributed by atoms with Gasteiger partial charge in [-0.2, -0.15) is 0 Å². The number of halogens is 1. The van der Waals surface area contributed by atoms with E-state index in [0.29, 0.717) is 38.9 Å². The Labute approximate surface area is 163 Å². The van der Waals surface area contributed by atoms with E-state index in [1.807, 2.05) is 24.0 Å². The van der Waals surface area contributed by atoms with E-state index in [1.54, 1.807) is 0 Å². The molecule has 2 heterocycles. The first-order valence-corrected chi connectivity index (χ1v) is 9.99. The van der Waals surface area contributed by atoms with E-state index in [1.165, 1.54) is 0 Å². The van der Waals surface area contributed by atoms with E-state index in [2.05, 4.69) is 35.1 Å². The number of hydrogen-bond acceptors (Lipinski definition) is 4. The van der Waals surface area contributed by atoms with Crippen molar-refractivity contribution in [1.29, 1.82) is 0 Å². The molecule has 7 heteroatoms. The number of nitrogens with one attached hydrogen (secondary N) is 1. The monoisotopic (exact) mass is 426 g/mol. The van der Waals surface area contributed by atoms with Crippen LogP contribution in [0, 0.1) is 5.92 Å². The van der Waals surface area contributed by atoms with Gasteiger partial charge < -0.3 is 24.4 Å². The van der Waals surface area contributed by atoms with Gasteiger partial charge in [-0.25, -0.2) is 4.79 Å². The minimum atomic E-state index is -0.157. The molecule has 2 amide bonds. The molecule has 26 heavy (non-hydrogen) atoms. The molecule has 1 saturated heterocycles. The molecule has 2 atom stereocenters. The largest absolute Gasteiger partial charge is 0.486 e. The van der Waals surface area contributed by atoms with E-state index >= 15 is 0 Å². The zero-order chi connectivity index (χ0) is 18.7. The van der Waals surface area contributed by atoms with Crippen LogP contribution in [0.3, 0.4) is 0 Å². The zero-order valence-corrected chi connectivity index (χ0v) is 17.2. The molecular formula is C19H27BrN2O4. The summed E-state index contributed by atoms with van der Waals surface area (Å²) < 4.78 is 17.7. The number of benzene rings is 1. The third-order valence-electron chi connectivity index (χ3n) is 4.70. The fourth-order valence-electron chi connectivity index (χ4n) is 3.42. The third kappa shape index (κ3) is 4.43. The number of morpholine rings is 1. The predicted octanol–water partition coefficient (Wildman–Crippen LogP) is 3.74. The number of fused-ring (bicyclic) bond motifs is 1. The molecule has 2 aliphatic heterocycles. The van der Waals surface area contributed by atoms with Crippen LogP contribution in [-0.2, 0) is 4.74 Å². The van der Waals surface area contributed by atoms with Crippen LogP contribution in [-0.4, -0.2) is 49.9 Å². The highest BCUT2D eigenvalue weighted by atomic mass is 79.9. The molecule has 6 nitrogen and oxygen atoms in total. The van der Waals surface area contributed by atoms with Crippen molar-refractivity contribution in [1.82, 2.24) is 10.2 Å². The molecule has 0 saturated carbocycles. The van der Waals surface area contributed by atoms with Crippen LogP contribution in [0.2, 0.25) is 0 Å². The molecule has 0 radical (unpaired) electrons. The molecule has 0 bridgehead atoms. The maximum Gasteiger partial charge on any atom is 0.318 e. The number of urea groups is 1. The lowest BCUT2D eigenvalue weighted by atomic mass is 10.0. The second-order valence-electron chi connectivity index (χ2n) is 7.24. The molecule has 3 rings (SSSR count). The number of rotatable bonds is 4. The minimum Gasteiger partial charge on any atom is -0.486 e. The van der Waals surface area contributed by atoms with Gasteiger partial charge in [0.2, 0.25) is 0 Å². The Morgan fingerprint density at radius 2 is 1.92 bits per heavy atom. The Bertz CT molecular complexity index is 653. The number of nitrogens with zero attached hydrogens (tertiary/aromatic N) is 1. The van der Waals surface area contributed by atoms with Crippen molar-refractivity contribution in [2.45, 2.75) is 39.3 Å². The van der Waals surface area contributed by atoms with E-state index in [9.17, 15) is 4.79 Å². The van der Waals surface area contributed by atoms with E-state index in [-0.39, 0.29) is 18.1 Å². The summed E-state index contributed by atoms with van der Waals surface area (Å²) in [7, 11) is 0. The number of carbonyl (C=O) groups is 1. The van der Waals surface area contributed by atoms with Crippen molar-refractivity contribution in [3.8, 4) is 11.5 Å². The van der Waals surface area contributed by atoms with Crippen LogP contribution in [0.25, 0.3) is 0 Å². The number of hydrogen-bond donors (Lipinski definition) is 1. The molecule has 0 spiro atoms. The van der Waals surface area contributed by atoms with E-state index in [4.69, 9.17) is 14.2 Å². The first-order chi connectivity index (χ1) is 12.5. The highest BCUT2D eigenvalue weighted by Gasteiger charge is 2.29. The molecule has 1 aromatic carbocycles. The first-order valence-electron chi connectivity index (χ1n) is 9.19. The average Bonchev–Trinajstić information content (AvgIpc) is 2.60. The lowest BCUT2D eigenvalue weighted by molar-refractivity contribution is 0.00509. The van der Waals surface area contributed by atoms with Crippen LogP contribution in [0.5, 0.6) is 11.5 Å². The van der Waals surface area contributed by atoms with Crippen LogP contribution >= 0.6 is 15.9 Å². The van der Waals surface area contributed by atoms with Gasteiger partial charge in [0.05, 0.1) is 25.3 Å². The second-order valence-corrected chi connectivity index (χ2v) is 8.09. The SMILES string of the molecule is CC(C)CC1COCCN1C(=O)NC(C)c1cc2c(cc1Br)OCCO2. The average molecular weight is 427 g/mol. The van der Waals surface area contributed by atoms with E-state index < -0.39 is 0 Å². The number of carbonyl (C=O) groups excluding carboxylic acids is 1. The van der Waals surface area contributed by atoms with Crippen molar-refractivity contribution in [2.24, 2.45) is 5.92 Å².